The van der Waals surface area contributed by atoms with Crippen LogP contribution in [0.25, 0.3) is 0 Å². The third-order valence-electron chi connectivity index (χ3n) is 2.18. The average molecular weight is 268 g/mol. The summed E-state index contributed by atoms with van der Waals surface area (Å²) in [6.45, 7) is 0. The van der Waals surface area contributed by atoms with Crippen molar-refractivity contribution in [1.29, 1.82) is 0 Å². The normalized spacial score (nSPS) is 11.2. The minimum absolute atomic E-state index is 0.148. The fourth-order valence-electron chi connectivity index (χ4n) is 1.31. The molecule has 0 fully saturated rings. The maximum absolute atomic E-state index is 13.3. The van der Waals surface area contributed by atoms with Gasteiger partial charge in [-0.2, -0.15) is 0 Å². The second-order valence-electron chi connectivity index (χ2n) is 3.47. The van der Waals surface area contributed by atoms with Gasteiger partial charge in [-0.25, -0.2) is 12.8 Å². The van der Waals surface area contributed by atoms with E-state index in [4.69, 9.17) is 0 Å². The molecule has 0 spiro atoms. The van der Waals surface area contributed by atoms with Crippen LogP contribution in [0.2, 0.25) is 0 Å². The number of anilines is 1. The van der Waals surface area contributed by atoms with Crippen molar-refractivity contribution in [2.24, 2.45) is 0 Å². The molecular weight excluding hydrogens is 259 g/mol. The second-order valence-corrected chi connectivity index (χ2v) is 5.16. The average Bonchev–Trinajstić information content (AvgIpc) is 2.32. The van der Waals surface area contributed by atoms with Crippen LogP contribution in [0, 0.1) is 5.82 Å². The van der Waals surface area contributed by atoms with Crippen molar-refractivity contribution in [3.63, 3.8) is 0 Å². The van der Waals surface area contributed by atoms with Crippen LogP contribution in [0.1, 0.15) is 0 Å². The molecule has 2 rings (SSSR count). The summed E-state index contributed by atoms with van der Waals surface area (Å²) in [7, 11) is -3.91. The summed E-state index contributed by atoms with van der Waals surface area (Å²) in [5.74, 6) is -0.675. The van der Waals surface area contributed by atoms with Gasteiger partial charge in [0.15, 0.2) is 0 Å². The Balaban J connectivity index is 2.36. The molecule has 18 heavy (non-hydrogen) atoms. The van der Waals surface area contributed by atoms with E-state index in [1.165, 1.54) is 18.2 Å². The lowest BCUT2D eigenvalue weighted by atomic mass is 10.3. The predicted octanol–water partition coefficient (Wildman–Crippen LogP) is 1.31. The summed E-state index contributed by atoms with van der Waals surface area (Å²) < 4.78 is 39.1. The Hall–Kier alpha value is -2.15. The lowest BCUT2D eigenvalue weighted by Crippen LogP contribution is -2.15. The molecule has 5 nitrogen and oxygen atoms in total. The maximum Gasteiger partial charge on any atom is 0.263 e. The van der Waals surface area contributed by atoms with Gasteiger partial charge in [0, 0.05) is 12.3 Å². The molecule has 0 aliphatic rings. The first kappa shape index (κ1) is 12.3. The highest BCUT2D eigenvalue weighted by Crippen LogP contribution is 2.17. The topological polar surface area (TPSA) is 79.0 Å². The minimum atomic E-state index is -3.91. The van der Waals surface area contributed by atoms with E-state index in [-0.39, 0.29) is 10.6 Å². The van der Waals surface area contributed by atoms with Crippen molar-refractivity contribution in [3.8, 4) is 0 Å². The van der Waals surface area contributed by atoms with Crippen molar-refractivity contribution in [2.45, 2.75) is 4.90 Å². The standard InChI is InChI=1S/C11H9FN2O3S/c12-9-3-1-2-4-10(9)14-18(16,17)8-5-6-11(15)13-7-8/h1-7,14H,(H,13,15). The van der Waals surface area contributed by atoms with Crippen LogP contribution in [-0.4, -0.2) is 13.4 Å². The molecule has 0 amide bonds. The highest BCUT2D eigenvalue weighted by Gasteiger charge is 2.15. The molecular formula is C11H9FN2O3S. The summed E-state index contributed by atoms with van der Waals surface area (Å²) >= 11 is 0. The molecule has 0 saturated heterocycles. The van der Waals surface area contributed by atoms with Crippen molar-refractivity contribution < 1.29 is 12.8 Å². The van der Waals surface area contributed by atoms with Gasteiger partial charge in [0.05, 0.1) is 5.69 Å². The summed E-state index contributed by atoms with van der Waals surface area (Å²) in [6.07, 6.45) is 1.05. The Bertz CT molecular complexity index is 705. The zero-order valence-electron chi connectivity index (χ0n) is 9.05. The first-order chi connectivity index (χ1) is 8.49. The number of benzene rings is 1. The smallest absolute Gasteiger partial charge is 0.263 e. The molecule has 0 aliphatic heterocycles. The molecule has 1 heterocycles. The van der Waals surface area contributed by atoms with Gasteiger partial charge >= 0.3 is 0 Å². The van der Waals surface area contributed by atoms with Gasteiger partial charge in [-0.15, -0.1) is 0 Å². The van der Waals surface area contributed by atoms with Gasteiger partial charge in [0.25, 0.3) is 10.0 Å². The van der Waals surface area contributed by atoms with E-state index in [0.29, 0.717) is 0 Å². The Morgan fingerprint density at radius 1 is 1.11 bits per heavy atom. The summed E-state index contributed by atoms with van der Waals surface area (Å²) in [4.78, 5) is 12.9. The second kappa shape index (κ2) is 4.61. The van der Waals surface area contributed by atoms with Gasteiger partial charge < -0.3 is 4.98 Å². The van der Waals surface area contributed by atoms with Gasteiger partial charge in [-0.05, 0) is 18.2 Å². The summed E-state index contributed by atoms with van der Waals surface area (Å²) in [5.41, 5.74) is -0.566. The van der Waals surface area contributed by atoms with Gasteiger partial charge in [0.2, 0.25) is 5.56 Å². The third kappa shape index (κ3) is 2.57. The number of nitrogens with one attached hydrogen (secondary N) is 2. The van der Waals surface area contributed by atoms with Crippen molar-refractivity contribution in [1.82, 2.24) is 4.98 Å². The first-order valence-corrected chi connectivity index (χ1v) is 6.43. The molecule has 7 heteroatoms. The van der Waals surface area contributed by atoms with Crippen LogP contribution in [0.4, 0.5) is 10.1 Å². The molecule has 2 aromatic rings. The largest absolute Gasteiger partial charge is 0.328 e. The number of para-hydroxylation sites is 1. The number of H-pyrrole nitrogens is 1. The quantitative estimate of drug-likeness (QED) is 0.881. The number of halogens is 1. The van der Waals surface area contributed by atoms with E-state index in [2.05, 4.69) is 9.71 Å². The van der Waals surface area contributed by atoms with Gasteiger partial charge in [0.1, 0.15) is 10.7 Å². The monoisotopic (exact) mass is 268 g/mol. The maximum atomic E-state index is 13.3. The van der Waals surface area contributed by atoms with Crippen molar-refractivity contribution in [2.75, 3.05) is 4.72 Å². The van der Waals surface area contributed by atoms with E-state index < -0.39 is 21.4 Å². The molecule has 0 unspecified atom stereocenters. The van der Waals surface area contributed by atoms with E-state index in [1.807, 2.05) is 0 Å². The molecule has 0 radical (unpaired) electrons. The SMILES string of the molecule is O=c1ccc(S(=O)(=O)Nc2ccccc2F)c[nH]1. The van der Waals surface area contributed by atoms with Crippen LogP contribution in [0.5, 0.6) is 0 Å². The van der Waals surface area contributed by atoms with Crippen LogP contribution in [0.3, 0.4) is 0 Å². The molecule has 1 aromatic carbocycles. The van der Waals surface area contributed by atoms with Gasteiger partial charge in [-0.1, -0.05) is 12.1 Å². The number of hydrogen-bond donors (Lipinski definition) is 2. The number of pyridine rings is 1. The van der Waals surface area contributed by atoms with E-state index in [1.54, 1.807) is 0 Å². The Labute approximate surface area is 102 Å². The van der Waals surface area contributed by atoms with Crippen molar-refractivity contribution >= 4 is 15.7 Å². The number of hydrogen-bond acceptors (Lipinski definition) is 3. The highest BCUT2D eigenvalue weighted by molar-refractivity contribution is 7.92. The number of sulfonamides is 1. The Morgan fingerprint density at radius 2 is 1.83 bits per heavy atom. The molecule has 0 atom stereocenters. The van der Waals surface area contributed by atoms with Crippen molar-refractivity contribution in [3.05, 3.63) is 58.8 Å². The first-order valence-electron chi connectivity index (χ1n) is 4.95. The number of rotatable bonds is 3. The molecule has 94 valence electrons. The zero-order chi connectivity index (χ0) is 13.2. The molecule has 0 aliphatic carbocycles. The number of aromatic amines is 1. The minimum Gasteiger partial charge on any atom is -0.328 e. The lowest BCUT2D eigenvalue weighted by Gasteiger charge is -2.08. The van der Waals surface area contributed by atoms with Crippen LogP contribution in [0.15, 0.2) is 52.3 Å². The van der Waals surface area contributed by atoms with Crippen LogP contribution < -0.4 is 10.3 Å². The Kier molecular flexibility index (Phi) is 3.15. The molecule has 0 saturated carbocycles. The van der Waals surface area contributed by atoms with Crippen LogP contribution in [-0.2, 0) is 10.0 Å². The fourth-order valence-corrected chi connectivity index (χ4v) is 2.35. The van der Waals surface area contributed by atoms with Crippen LogP contribution >= 0.6 is 0 Å². The van der Waals surface area contributed by atoms with Gasteiger partial charge in [-0.3, -0.25) is 9.52 Å². The third-order valence-corrected chi connectivity index (χ3v) is 3.55. The van der Waals surface area contributed by atoms with E-state index >= 15 is 0 Å². The summed E-state index contributed by atoms with van der Waals surface area (Å²) in [6, 6.07) is 7.63. The van der Waals surface area contributed by atoms with E-state index in [9.17, 15) is 17.6 Å². The zero-order valence-corrected chi connectivity index (χ0v) is 9.87. The summed E-state index contributed by atoms with van der Waals surface area (Å²) in [5, 5.41) is 0. The molecule has 1 aromatic heterocycles. The van der Waals surface area contributed by atoms with E-state index in [0.717, 1.165) is 24.4 Å². The fraction of sp³-hybridized carbons (Fsp3) is 0. The molecule has 0 bridgehead atoms. The lowest BCUT2D eigenvalue weighted by molar-refractivity contribution is 0.598. The predicted molar refractivity (Wildman–Crippen MR) is 64.3 cm³/mol. The number of aromatic nitrogens is 1. The Morgan fingerprint density at radius 3 is 2.44 bits per heavy atom. The highest BCUT2D eigenvalue weighted by atomic mass is 32.2. The molecule has 2 N–H and O–H groups in total.